The Morgan fingerprint density at radius 3 is 3.00 bits per heavy atom. The lowest BCUT2D eigenvalue weighted by Crippen LogP contribution is -2.17. The molecule has 0 aromatic carbocycles. The molecule has 0 aliphatic carbocycles. The lowest BCUT2D eigenvalue weighted by atomic mass is 10.0. The zero-order valence-corrected chi connectivity index (χ0v) is 12.7. The lowest BCUT2D eigenvalue weighted by Gasteiger charge is -2.15. The fourth-order valence-corrected chi connectivity index (χ4v) is 3.38. The zero-order valence-electron chi connectivity index (χ0n) is 11.9. The molecule has 5 heteroatoms. The Kier molecular flexibility index (Phi) is 4.22. The van der Waals surface area contributed by atoms with Gasteiger partial charge in [-0.25, -0.2) is 4.98 Å². The molecule has 0 bridgehead atoms. The summed E-state index contributed by atoms with van der Waals surface area (Å²) in [7, 11) is 0. The van der Waals surface area contributed by atoms with Gasteiger partial charge in [-0.3, -0.25) is 0 Å². The number of rotatable bonds is 6. The summed E-state index contributed by atoms with van der Waals surface area (Å²) < 4.78 is 7.49. The van der Waals surface area contributed by atoms with Crippen LogP contribution in [0.1, 0.15) is 11.3 Å². The highest BCUT2D eigenvalue weighted by Gasteiger charge is 2.15. The highest BCUT2D eigenvalue weighted by Crippen LogP contribution is 2.28. The van der Waals surface area contributed by atoms with Crippen LogP contribution in [-0.4, -0.2) is 21.3 Å². The molecule has 4 nitrogen and oxygen atoms in total. The summed E-state index contributed by atoms with van der Waals surface area (Å²) >= 11 is 1.70. The average molecular weight is 302 g/mol. The van der Waals surface area contributed by atoms with E-state index in [4.69, 9.17) is 4.42 Å². The standard InChI is InChI=1S/C16H18N2O2S/c1-12-4-8-21-15(12)16-17-5-6-18(16)10-13(11-19)9-14-3-2-7-20-14/h2-8,13,19H,9-11H2,1H3. The molecule has 3 aromatic rings. The average Bonchev–Trinajstić information content (AvgIpc) is 3.20. The van der Waals surface area contributed by atoms with Crippen molar-refractivity contribution in [1.82, 2.24) is 9.55 Å². The van der Waals surface area contributed by atoms with Crippen LogP contribution in [0.15, 0.2) is 46.7 Å². The summed E-state index contributed by atoms with van der Waals surface area (Å²) in [6.45, 7) is 2.95. The maximum absolute atomic E-state index is 9.63. The maximum Gasteiger partial charge on any atom is 0.150 e. The van der Waals surface area contributed by atoms with Crippen molar-refractivity contribution in [3.63, 3.8) is 0 Å². The maximum atomic E-state index is 9.63. The number of furan rings is 1. The van der Waals surface area contributed by atoms with E-state index in [1.807, 2.05) is 24.5 Å². The van der Waals surface area contributed by atoms with Crippen LogP contribution in [0.5, 0.6) is 0 Å². The molecular formula is C16H18N2O2S. The second-order valence-electron chi connectivity index (χ2n) is 5.17. The van der Waals surface area contributed by atoms with Crippen molar-refractivity contribution in [3.8, 4) is 10.7 Å². The van der Waals surface area contributed by atoms with E-state index in [-0.39, 0.29) is 12.5 Å². The Bertz CT molecular complexity index is 685. The number of aromatic nitrogens is 2. The van der Waals surface area contributed by atoms with Crippen molar-refractivity contribution in [3.05, 3.63) is 53.6 Å². The molecule has 1 N–H and O–H groups in total. The van der Waals surface area contributed by atoms with E-state index in [1.54, 1.807) is 17.6 Å². The SMILES string of the molecule is Cc1ccsc1-c1nccn1CC(CO)Cc1ccco1. The van der Waals surface area contributed by atoms with Gasteiger partial charge in [0.25, 0.3) is 0 Å². The smallest absolute Gasteiger partial charge is 0.150 e. The minimum Gasteiger partial charge on any atom is -0.469 e. The molecule has 3 heterocycles. The number of imidazole rings is 1. The Balaban J connectivity index is 1.78. The van der Waals surface area contributed by atoms with E-state index < -0.39 is 0 Å². The van der Waals surface area contributed by atoms with Crippen LogP contribution in [0.2, 0.25) is 0 Å². The van der Waals surface area contributed by atoms with Crippen LogP contribution in [0.3, 0.4) is 0 Å². The highest BCUT2D eigenvalue weighted by atomic mass is 32.1. The molecule has 0 fully saturated rings. The van der Waals surface area contributed by atoms with Crippen LogP contribution in [-0.2, 0) is 13.0 Å². The molecule has 0 radical (unpaired) electrons. The molecule has 3 aromatic heterocycles. The summed E-state index contributed by atoms with van der Waals surface area (Å²) in [5.74, 6) is 1.99. The number of nitrogens with zero attached hydrogens (tertiary/aromatic N) is 2. The van der Waals surface area contributed by atoms with Gasteiger partial charge in [0, 0.05) is 37.9 Å². The highest BCUT2D eigenvalue weighted by molar-refractivity contribution is 7.13. The van der Waals surface area contributed by atoms with Gasteiger partial charge in [-0.2, -0.15) is 0 Å². The summed E-state index contributed by atoms with van der Waals surface area (Å²) in [6, 6.07) is 5.92. The van der Waals surface area contributed by atoms with E-state index in [2.05, 4.69) is 27.9 Å². The van der Waals surface area contributed by atoms with Gasteiger partial charge in [-0.1, -0.05) is 0 Å². The third-order valence-electron chi connectivity index (χ3n) is 3.56. The van der Waals surface area contributed by atoms with E-state index in [0.717, 1.165) is 24.6 Å². The van der Waals surface area contributed by atoms with Crippen molar-refractivity contribution >= 4 is 11.3 Å². The first-order valence-electron chi connectivity index (χ1n) is 6.96. The van der Waals surface area contributed by atoms with Crippen LogP contribution >= 0.6 is 11.3 Å². The summed E-state index contributed by atoms with van der Waals surface area (Å²) in [5, 5.41) is 11.7. The Hall–Kier alpha value is -1.85. The van der Waals surface area contributed by atoms with Gasteiger partial charge >= 0.3 is 0 Å². The van der Waals surface area contributed by atoms with Crippen molar-refractivity contribution in [2.45, 2.75) is 19.9 Å². The van der Waals surface area contributed by atoms with Gasteiger partial charge in [0.1, 0.15) is 11.6 Å². The molecule has 110 valence electrons. The van der Waals surface area contributed by atoms with Crippen LogP contribution < -0.4 is 0 Å². The van der Waals surface area contributed by atoms with Crippen molar-refractivity contribution in [2.24, 2.45) is 5.92 Å². The molecule has 0 aliphatic rings. The van der Waals surface area contributed by atoms with Crippen LogP contribution in [0.25, 0.3) is 10.7 Å². The number of aliphatic hydroxyl groups is 1. The number of aliphatic hydroxyl groups excluding tert-OH is 1. The van der Waals surface area contributed by atoms with Gasteiger partial charge < -0.3 is 14.1 Å². The molecule has 1 atom stereocenters. The monoisotopic (exact) mass is 302 g/mol. The molecule has 0 amide bonds. The summed E-state index contributed by atoms with van der Waals surface area (Å²) in [5.41, 5.74) is 1.24. The first-order chi connectivity index (χ1) is 10.3. The summed E-state index contributed by atoms with van der Waals surface area (Å²) in [6.07, 6.45) is 6.18. The minimum absolute atomic E-state index is 0.115. The summed E-state index contributed by atoms with van der Waals surface area (Å²) in [4.78, 5) is 5.66. The predicted octanol–water partition coefficient (Wildman–Crippen LogP) is 3.36. The largest absolute Gasteiger partial charge is 0.469 e. The van der Waals surface area contributed by atoms with Gasteiger partial charge in [-0.15, -0.1) is 11.3 Å². The first-order valence-corrected chi connectivity index (χ1v) is 7.84. The Morgan fingerprint density at radius 2 is 2.33 bits per heavy atom. The molecular weight excluding hydrogens is 284 g/mol. The number of aryl methyl sites for hydroxylation is 1. The van der Waals surface area contributed by atoms with E-state index in [0.29, 0.717) is 0 Å². The second kappa shape index (κ2) is 6.28. The van der Waals surface area contributed by atoms with Gasteiger partial charge in [0.05, 0.1) is 11.1 Å². The third-order valence-corrected chi connectivity index (χ3v) is 4.58. The molecule has 3 rings (SSSR count). The molecule has 21 heavy (non-hydrogen) atoms. The van der Waals surface area contributed by atoms with E-state index in [1.165, 1.54) is 10.4 Å². The second-order valence-corrected chi connectivity index (χ2v) is 6.08. The van der Waals surface area contributed by atoms with Crippen molar-refractivity contribution < 1.29 is 9.52 Å². The Morgan fingerprint density at radius 1 is 1.43 bits per heavy atom. The molecule has 1 unspecified atom stereocenters. The van der Waals surface area contributed by atoms with Crippen molar-refractivity contribution in [2.75, 3.05) is 6.61 Å². The molecule has 0 saturated heterocycles. The fraction of sp³-hybridized carbons (Fsp3) is 0.312. The quantitative estimate of drug-likeness (QED) is 0.759. The van der Waals surface area contributed by atoms with E-state index >= 15 is 0 Å². The van der Waals surface area contributed by atoms with E-state index in [9.17, 15) is 5.11 Å². The number of hydrogen-bond acceptors (Lipinski definition) is 4. The zero-order chi connectivity index (χ0) is 14.7. The third kappa shape index (κ3) is 3.09. The van der Waals surface area contributed by atoms with Crippen molar-refractivity contribution in [1.29, 1.82) is 0 Å². The minimum atomic E-state index is 0.115. The topological polar surface area (TPSA) is 51.2 Å². The Labute approximate surface area is 127 Å². The van der Waals surface area contributed by atoms with Gasteiger partial charge in [-0.05, 0) is 36.1 Å². The number of thiophene rings is 1. The lowest BCUT2D eigenvalue weighted by molar-refractivity contribution is 0.204. The molecule has 0 saturated carbocycles. The number of hydrogen-bond donors (Lipinski definition) is 1. The van der Waals surface area contributed by atoms with Gasteiger partial charge in [0.2, 0.25) is 0 Å². The fourth-order valence-electron chi connectivity index (χ4n) is 2.45. The van der Waals surface area contributed by atoms with Crippen LogP contribution in [0, 0.1) is 12.8 Å². The predicted molar refractivity (Wildman–Crippen MR) is 83.3 cm³/mol. The molecule has 0 aliphatic heterocycles. The first kappa shape index (κ1) is 14.1. The van der Waals surface area contributed by atoms with Crippen LogP contribution in [0.4, 0.5) is 0 Å². The van der Waals surface area contributed by atoms with Gasteiger partial charge in [0.15, 0.2) is 0 Å². The molecule has 0 spiro atoms. The normalized spacial score (nSPS) is 12.7.